The zero-order valence-electron chi connectivity index (χ0n) is 17.2. The summed E-state index contributed by atoms with van der Waals surface area (Å²) >= 11 is 0. The third kappa shape index (κ3) is 6.33. The Morgan fingerprint density at radius 3 is 2.23 bits per heavy atom. The molecule has 30 heavy (non-hydrogen) atoms. The molecule has 2 aromatic rings. The van der Waals surface area contributed by atoms with Crippen molar-refractivity contribution in [1.82, 2.24) is 4.90 Å². The third-order valence-electron chi connectivity index (χ3n) is 4.24. The van der Waals surface area contributed by atoms with E-state index in [0.717, 1.165) is 5.69 Å². The summed E-state index contributed by atoms with van der Waals surface area (Å²) in [5.74, 6) is -0.988. The predicted octanol–water partition coefficient (Wildman–Crippen LogP) is 3.18. The lowest BCUT2D eigenvalue weighted by Crippen LogP contribution is -2.30. The summed E-state index contributed by atoms with van der Waals surface area (Å²) in [4.78, 5) is 27.7. The average molecular weight is 422 g/mol. The second kappa shape index (κ2) is 10.4. The molecule has 0 aromatic heterocycles. The highest BCUT2D eigenvalue weighted by atomic mass is 19.3. The van der Waals surface area contributed by atoms with Gasteiger partial charge in [0, 0.05) is 33.4 Å². The first-order valence-corrected chi connectivity index (χ1v) is 9.01. The van der Waals surface area contributed by atoms with Crippen molar-refractivity contribution >= 4 is 17.6 Å². The van der Waals surface area contributed by atoms with Gasteiger partial charge in [0.1, 0.15) is 0 Å². The van der Waals surface area contributed by atoms with Crippen LogP contribution in [0.2, 0.25) is 0 Å². The maximum atomic E-state index is 12.4. The molecule has 0 aliphatic carbocycles. The lowest BCUT2D eigenvalue weighted by atomic mass is 10.2. The Hall–Kier alpha value is -3.36. The van der Waals surface area contributed by atoms with Crippen molar-refractivity contribution in [3.8, 4) is 11.5 Å². The molecule has 0 heterocycles. The molecule has 0 aliphatic heterocycles. The second-order valence-electron chi connectivity index (χ2n) is 6.63. The zero-order chi connectivity index (χ0) is 22.3. The maximum absolute atomic E-state index is 12.4. The van der Waals surface area contributed by atoms with Crippen LogP contribution in [0.15, 0.2) is 42.5 Å². The molecule has 0 N–H and O–H groups in total. The van der Waals surface area contributed by atoms with Crippen LogP contribution < -0.4 is 14.4 Å². The third-order valence-corrected chi connectivity index (χ3v) is 4.24. The van der Waals surface area contributed by atoms with Crippen LogP contribution in [0.3, 0.4) is 0 Å². The molecule has 162 valence electrons. The molecule has 2 aromatic carbocycles. The second-order valence-corrected chi connectivity index (χ2v) is 6.63. The topological polar surface area (TPSA) is 68.3 Å². The normalized spacial score (nSPS) is 10.5. The number of esters is 1. The number of rotatable bonds is 9. The van der Waals surface area contributed by atoms with Gasteiger partial charge in [-0.1, -0.05) is 6.07 Å². The fourth-order valence-electron chi connectivity index (χ4n) is 2.58. The van der Waals surface area contributed by atoms with E-state index in [9.17, 15) is 18.4 Å². The smallest absolute Gasteiger partial charge is 0.387 e. The van der Waals surface area contributed by atoms with Gasteiger partial charge in [0.2, 0.25) is 0 Å². The number of alkyl halides is 2. The van der Waals surface area contributed by atoms with Gasteiger partial charge in [0.25, 0.3) is 5.91 Å². The van der Waals surface area contributed by atoms with Gasteiger partial charge in [-0.15, -0.1) is 0 Å². The molecule has 1 amide bonds. The van der Waals surface area contributed by atoms with Crippen LogP contribution in [0.4, 0.5) is 14.5 Å². The Morgan fingerprint density at radius 1 is 1.00 bits per heavy atom. The first-order chi connectivity index (χ1) is 14.2. The molecular formula is C21H24F2N2O5. The quantitative estimate of drug-likeness (QED) is 0.579. The van der Waals surface area contributed by atoms with Gasteiger partial charge in [0.05, 0.1) is 12.7 Å². The van der Waals surface area contributed by atoms with Crippen LogP contribution in [-0.4, -0.2) is 58.2 Å². The average Bonchev–Trinajstić information content (AvgIpc) is 2.72. The lowest BCUT2D eigenvalue weighted by molar-refractivity contribution is -0.133. The summed E-state index contributed by atoms with van der Waals surface area (Å²) in [6.07, 6.45) is 0. The molecule has 0 saturated heterocycles. The number of benzene rings is 2. The highest BCUT2D eigenvalue weighted by Gasteiger charge is 2.16. The van der Waals surface area contributed by atoms with Crippen molar-refractivity contribution in [2.75, 3.05) is 39.8 Å². The van der Waals surface area contributed by atoms with Crippen molar-refractivity contribution in [3.05, 3.63) is 53.6 Å². The minimum absolute atomic E-state index is 0.0977. The molecule has 0 saturated carbocycles. The molecule has 0 fully saturated rings. The molecule has 0 aliphatic rings. The van der Waals surface area contributed by atoms with Crippen LogP contribution in [0.5, 0.6) is 11.5 Å². The van der Waals surface area contributed by atoms with E-state index in [-0.39, 0.29) is 18.0 Å². The van der Waals surface area contributed by atoms with Crippen LogP contribution in [0.1, 0.15) is 15.9 Å². The Morgan fingerprint density at radius 2 is 1.67 bits per heavy atom. The first kappa shape index (κ1) is 22.9. The molecule has 0 bridgehead atoms. The standard InChI is InChI=1S/C21H24F2N2O5/c1-24(2)16-8-6-15(7-9-16)20(27)29-13-19(26)25(3)12-14-5-10-17(30-21(22)23)18(11-14)28-4/h5-11,21H,12-13H2,1-4H3. The largest absolute Gasteiger partial charge is 0.493 e. The summed E-state index contributed by atoms with van der Waals surface area (Å²) < 4.78 is 39.3. The van der Waals surface area contributed by atoms with E-state index in [4.69, 9.17) is 9.47 Å². The molecule has 0 unspecified atom stereocenters. The van der Waals surface area contributed by atoms with Gasteiger partial charge in [-0.05, 0) is 42.0 Å². The van der Waals surface area contributed by atoms with E-state index in [2.05, 4.69) is 4.74 Å². The van der Waals surface area contributed by atoms with Gasteiger partial charge in [-0.25, -0.2) is 4.79 Å². The van der Waals surface area contributed by atoms with Crippen molar-refractivity contribution in [1.29, 1.82) is 0 Å². The van der Waals surface area contributed by atoms with E-state index in [0.29, 0.717) is 11.1 Å². The zero-order valence-corrected chi connectivity index (χ0v) is 17.2. The summed E-state index contributed by atoms with van der Waals surface area (Å²) in [5.41, 5.74) is 1.91. The molecule has 9 heteroatoms. The van der Waals surface area contributed by atoms with E-state index in [1.165, 1.54) is 31.2 Å². The number of carbonyl (C=O) groups is 2. The molecule has 7 nitrogen and oxygen atoms in total. The Bertz CT molecular complexity index is 872. The summed E-state index contributed by atoms with van der Waals surface area (Å²) in [5, 5.41) is 0. The van der Waals surface area contributed by atoms with E-state index >= 15 is 0 Å². The number of carbonyl (C=O) groups excluding carboxylic acids is 2. The highest BCUT2D eigenvalue weighted by molar-refractivity contribution is 5.91. The molecular weight excluding hydrogens is 398 g/mol. The number of methoxy groups -OCH3 is 1. The number of hydrogen-bond donors (Lipinski definition) is 0. The van der Waals surface area contributed by atoms with E-state index in [1.807, 2.05) is 19.0 Å². The Kier molecular flexibility index (Phi) is 7.97. The maximum Gasteiger partial charge on any atom is 0.387 e. The number of halogens is 2. The number of anilines is 1. The number of amides is 1. The van der Waals surface area contributed by atoms with Gasteiger partial charge >= 0.3 is 12.6 Å². The number of hydrogen-bond acceptors (Lipinski definition) is 6. The van der Waals surface area contributed by atoms with Crippen molar-refractivity contribution in [3.63, 3.8) is 0 Å². The van der Waals surface area contributed by atoms with Crippen molar-refractivity contribution in [2.24, 2.45) is 0 Å². The molecule has 0 atom stereocenters. The monoisotopic (exact) mass is 422 g/mol. The van der Waals surface area contributed by atoms with Crippen LogP contribution in [0.25, 0.3) is 0 Å². The van der Waals surface area contributed by atoms with Crippen molar-refractivity contribution in [2.45, 2.75) is 13.2 Å². The summed E-state index contributed by atoms with van der Waals surface area (Å²) in [7, 11) is 6.64. The highest BCUT2D eigenvalue weighted by Crippen LogP contribution is 2.29. The van der Waals surface area contributed by atoms with Crippen LogP contribution in [-0.2, 0) is 16.1 Å². The van der Waals surface area contributed by atoms with Crippen molar-refractivity contribution < 1.29 is 32.6 Å². The van der Waals surface area contributed by atoms with E-state index in [1.54, 1.807) is 30.3 Å². The Balaban J connectivity index is 1.92. The predicted molar refractivity (Wildman–Crippen MR) is 107 cm³/mol. The number of nitrogens with zero attached hydrogens (tertiary/aromatic N) is 2. The van der Waals surface area contributed by atoms with Gasteiger partial charge < -0.3 is 24.0 Å². The van der Waals surface area contributed by atoms with Crippen LogP contribution >= 0.6 is 0 Å². The summed E-state index contributed by atoms with van der Waals surface area (Å²) in [6.45, 7) is -3.23. The minimum Gasteiger partial charge on any atom is -0.493 e. The molecule has 2 rings (SSSR count). The fraction of sp³-hybridized carbons (Fsp3) is 0.333. The summed E-state index contributed by atoms with van der Waals surface area (Å²) in [6, 6.07) is 11.2. The van der Waals surface area contributed by atoms with Gasteiger partial charge in [0.15, 0.2) is 18.1 Å². The first-order valence-electron chi connectivity index (χ1n) is 9.01. The Labute approximate surface area is 173 Å². The fourth-order valence-corrected chi connectivity index (χ4v) is 2.58. The van der Waals surface area contributed by atoms with E-state index < -0.39 is 25.1 Å². The number of ether oxygens (including phenoxy) is 3. The number of likely N-dealkylation sites (N-methyl/N-ethyl adjacent to an activating group) is 1. The molecule has 0 radical (unpaired) electrons. The van der Waals surface area contributed by atoms with Gasteiger partial charge in [-0.2, -0.15) is 8.78 Å². The molecule has 0 spiro atoms. The lowest BCUT2D eigenvalue weighted by Gasteiger charge is -2.18. The minimum atomic E-state index is -2.97. The van der Waals surface area contributed by atoms with Crippen LogP contribution in [0, 0.1) is 0 Å². The SMILES string of the molecule is COc1cc(CN(C)C(=O)COC(=O)c2ccc(N(C)C)cc2)ccc1OC(F)F. The van der Waals surface area contributed by atoms with Gasteiger partial charge in [-0.3, -0.25) is 4.79 Å².